The van der Waals surface area contributed by atoms with Gasteiger partial charge in [0.2, 0.25) is 0 Å². The second kappa shape index (κ2) is 3.65. The SMILES string of the molecule is COC1(C=O)CCCCC12CCCC2. The Bertz CT molecular complexity index is 218. The Morgan fingerprint density at radius 1 is 1.00 bits per heavy atom. The monoisotopic (exact) mass is 196 g/mol. The topological polar surface area (TPSA) is 26.3 Å². The molecule has 0 bridgehead atoms. The maximum Gasteiger partial charge on any atom is 0.152 e. The molecule has 2 heteroatoms. The van der Waals surface area contributed by atoms with Crippen LogP contribution in [0.4, 0.5) is 0 Å². The van der Waals surface area contributed by atoms with Crippen LogP contribution in [0.3, 0.4) is 0 Å². The fourth-order valence-electron chi connectivity index (χ4n) is 3.60. The second-order valence-electron chi connectivity index (χ2n) is 4.91. The number of methoxy groups -OCH3 is 1. The van der Waals surface area contributed by atoms with E-state index in [-0.39, 0.29) is 5.41 Å². The Morgan fingerprint density at radius 3 is 1.93 bits per heavy atom. The molecule has 1 spiro atoms. The Balaban J connectivity index is 2.29. The zero-order valence-corrected chi connectivity index (χ0v) is 9.05. The third kappa shape index (κ3) is 1.23. The number of carbonyl (C=O) groups excluding carboxylic acids is 1. The average molecular weight is 196 g/mol. The van der Waals surface area contributed by atoms with Gasteiger partial charge >= 0.3 is 0 Å². The molecule has 0 heterocycles. The highest BCUT2D eigenvalue weighted by Crippen LogP contribution is 2.55. The lowest BCUT2D eigenvalue weighted by atomic mass is 9.62. The van der Waals surface area contributed by atoms with Crippen molar-refractivity contribution in [3.63, 3.8) is 0 Å². The van der Waals surface area contributed by atoms with Crippen molar-refractivity contribution < 1.29 is 9.53 Å². The summed E-state index contributed by atoms with van der Waals surface area (Å²) < 4.78 is 5.60. The van der Waals surface area contributed by atoms with Gasteiger partial charge in [0, 0.05) is 12.5 Å². The summed E-state index contributed by atoms with van der Waals surface area (Å²) in [6.45, 7) is 0. The fourth-order valence-corrected chi connectivity index (χ4v) is 3.60. The van der Waals surface area contributed by atoms with E-state index in [1.165, 1.54) is 38.5 Å². The molecule has 0 saturated heterocycles. The van der Waals surface area contributed by atoms with Gasteiger partial charge in [0.25, 0.3) is 0 Å². The Kier molecular flexibility index (Phi) is 2.65. The first-order valence-electron chi connectivity index (χ1n) is 5.80. The van der Waals surface area contributed by atoms with E-state index in [0.29, 0.717) is 0 Å². The lowest BCUT2D eigenvalue weighted by molar-refractivity contribution is -0.157. The predicted octanol–water partition coefficient (Wildman–Crippen LogP) is 2.70. The molecular weight excluding hydrogens is 176 g/mol. The smallest absolute Gasteiger partial charge is 0.152 e. The van der Waals surface area contributed by atoms with Gasteiger partial charge in [0.15, 0.2) is 6.29 Å². The van der Waals surface area contributed by atoms with E-state index < -0.39 is 5.60 Å². The van der Waals surface area contributed by atoms with E-state index in [2.05, 4.69) is 0 Å². The number of carbonyl (C=O) groups is 1. The molecule has 0 N–H and O–H groups in total. The van der Waals surface area contributed by atoms with Crippen LogP contribution in [-0.2, 0) is 9.53 Å². The van der Waals surface area contributed by atoms with Crippen molar-refractivity contribution in [3.05, 3.63) is 0 Å². The van der Waals surface area contributed by atoms with Gasteiger partial charge in [-0.05, 0) is 25.7 Å². The van der Waals surface area contributed by atoms with Crippen molar-refractivity contribution in [3.8, 4) is 0 Å². The van der Waals surface area contributed by atoms with Gasteiger partial charge in [-0.15, -0.1) is 0 Å². The highest BCUT2D eigenvalue weighted by atomic mass is 16.5. The first kappa shape index (κ1) is 10.2. The van der Waals surface area contributed by atoms with Crippen molar-refractivity contribution in [2.75, 3.05) is 7.11 Å². The molecule has 0 aromatic heterocycles. The first-order chi connectivity index (χ1) is 6.79. The molecule has 2 fully saturated rings. The van der Waals surface area contributed by atoms with Crippen LogP contribution in [0.15, 0.2) is 0 Å². The normalized spacial score (nSPS) is 36.1. The minimum absolute atomic E-state index is 0.196. The molecular formula is C12H20O2. The predicted molar refractivity (Wildman–Crippen MR) is 55.2 cm³/mol. The summed E-state index contributed by atoms with van der Waals surface area (Å²) in [7, 11) is 1.71. The molecule has 0 radical (unpaired) electrons. The fraction of sp³-hybridized carbons (Fsp3) is 0.917. The number of hydrogen-bond acceptors (Lipinski definition) is 2. The van der Waals surface area contributed by atoms with Crippen LogP contribution in [0.25, 0.3) is 0 Å². The second-order valence-corrected chi connectivity index (χ2v) is 4.91. The summed E-state index contributed by atoms with van der Waals surface area (Å²) >= 11 is 0. The van der Waals surface area contributed by atoms with Crippen LogP contribution >= 0.6 is 0 Å². The Morgan fingerprint density at radius 2 is 1.50 bits per heavy atom. The van der Waals surface area contributed by atoms with Gasteiger partial charge in [0.1, 0.15) is 5.60 Å². The van der Waals surface area contributed by atoms with Crippen LogP contribution in [0.5, 0.6) is 0 Å². The number of hydrogen-bond donors (Lipinski definition) is 0. The van der Waals surface area contributed by atoms with Crippen LogP contribution < -0.4 is 0 Å². The van der Waals surface area contributed by atoms with E-state index in [9.17, 15) is 4.79 Å². The van der Waals surface area contributed by atoms with Crippen LogP contribution in [0, 0.1) is 5.41 Å². The van der Waals surface area contributed by atoms with Gasteiger partial charge in [-0.1, -0.05) is 25.7 Å². The molecule has 0 aliphatic heterocycles. The van der Waals surface area contributed by atoms with Crippen LogP contribution in [-0.4, -0.2) is 19.0 Å². The highest BCUT2D eigenvalue weighted by Gasteiger charge is 2.54. The molecule has 2 aliphatic rings. The molecule has 14 heavy (non-hydrogen) atoms. The van der Waals surface area contributed by atoms with Crippen molar-refractivity contribution in [2.24, 2.45) is 5.41 Å². The van der Waals surface area contributed by atoms with Gasteiger partial charge in [0.05, 0.1) is 0 Å². The van der Waals surface area contributed by atoms with Gasteiger partial charge in [-0.2, -0.15) is 0 Å². The summed E-state index contributed by atoms with van der Waals surface area (Å²) in [6, 6.07) is 0. The largest absolute Gasteiger partial charge is 0.370 e. The molecule has 80 valence electrons. The summed E-state index contributed by atoms with van der Waals surface area (Å²) in [4.78, 5) is 11.3. The zero-order chi connectivity index (χ0) is 10.1. The van der Waals surface area contributed by atoms with Gasteiger partial charge < -0.3 is 9.53 Å². The summed E-state index contributed by atoms with van der Waals surface area (Å²) in [6.07, 6.45) is 10.6. The number of aldehydes is 1. The van der Waals surface area contributed by atoms with Crippen LogP contribution in [0.2, 0.25) is 0 Å². The quantitative estimate of drug-likeness (QED) is 0.635. The van der Waals surface area contributed by atoms with Gasteiger partial charge in [-0.25, -0.2) is 0 Å². The molecule has 1 unspecified atom stereocenters. The van der Waals surface area contributed by atoms with E-state index in [1.807, 2.05) is 0 Å². The third-order valence-corrected chi connectivity index (χ3v) is 4.47. The zero-order valence-electron chi connectivity index (χ0n) is 9.05. The van der Waals surface area contributed by atoms with E-state index in [4.69, 9.17) is 4.74 Å². The molecule has 1 atom stereocenters. The van der Waals surface area contributed by atoms with Crippen LogP contribution in [0.1, 0.15) is 51.4 Å². The molecule has 2 aliphatic carbocycles. The molecule has 0 aromatic carbocycles. The first-order valence-corrected chi connectivity index (χ1v) is 5.80. The molecule has 0 amide bonds. The van der Waals surface area contributed by atoms with Crippen molar-refractivity contribution in [1.82, 2.24) is 0 Å². The van der Waals surface area contributed by atoms with E-state index in [0.717, 1.165) is 19.1 Å². The maximum atomic E-state index is 11.3. The van der Waals surface area contributed by atoms with Gasteiger partial charge in [-0.3, -0.25) is 0 Å². The minimum Gasteiger partial charge on any atom is -0.370 e. The average Bonchev–Trinajstić information content (AvgIpc) is 2.69. The van der Waals surface area contributed by atoms with Crippen molar-refractivity contribution in [2.45, 2.75) is 57.0 Å². The highest BCUT2D eigenvalue weighted by molar-refractivity contribution is 5.65. The maximum absolute atomic E-state index is 11.3. The lowest BCUT2D eigenvalue weighted by Crippen LogP contribution is -2.52. The Labute approximate surface area is 86.0 Å². The standard InChI is InChI=1S/C12H20O2/c1-14-12(10-13)9-5-4-8-11(12)6-2-3-7-11/h10H,2-9H2,1H3. The van der Waals surface area contributed by atoms with E-state index in [1.54, 1.807) is 7.11 Å². The van der Waals surface area contributed by atoms with Crippen molar-refractivity contribution in [1.29, 1.82) is 0 Å². The molecule has 2 rings (SSSR count). The van der Waals surface area contributed by atoms with Crippen molar-refractivity contribution >= 4 is 6.29 Å². The summed E-state index contributed by atoms with van der Waals surface area (Å²) in [5, 5.41) is 0. The number of rotatable bonds is 2. The summed E-state index contributed by atoms with van der Waals surface area (Å²) in [5.74, 6) is 0. The number of ether oxygens (including phenoxy) is 1. The molecule has 0 aromatic rings. The minimum atomic E-state index is -0.443. The summed E-state index contributed by atoms with van der Waals surface area (Å²) in [5.41, 5.74) is -0.247. The lowest BCUT2D eigenvalue weighted by Gasteiger charge is -2.47. The third-order valence-electron chi connectivity index (χ3n) is 4.47. The molecule has 2 nitrogen and oxygen atoms in total. The molecule has 2 saturated carbocycles. The Hall–Kier alpha value is -0.370. The van der Waals surface area contributed by atoms with E-state index >= 15 is 0 Å².